The number of hydrogen-bond donors (Lipinski definition) is 0. The summed E-state index contributed by atoms with van der Waals surface area (Å²) < 4.78 is 0. The van der Waals surface area contributed by atoms with E-state index in [0.717, 1.165) is 11.3 Å². The minimum absolute atomic E-state index is 0.639. The fraction of sp³-hybridized carbons (Fsp3) is 0. The highest BCUT2D eigenvalue weighted by atomic mass is 35.5. The van der Waals surface area contributed by atoms with E-state index in [9.17, 15) is 0 Å². The van der Waals surface area contributed by atoms with Gasteiger partial charge in [0.15, 0.2) is 0 Å². The van der Waals surface area contributed by atoms with Crippen molar-refractivity contribution < 1.29 is 0 Å². The molecular formula is C13H9Cl2N. The van der Waals surface area contributed by atoms with E-state index in [2.05, 4.69) is 4.98 Å². The van der Waals surface area contributed by atoms with E-state index in [4.69, 9.17) is 23.2 Å². The van der Waals surface area contributed by atoms with Gasteiger partial charge in [0.2, 0.25) is 0 Å². The molecule has 0 spiro atoms. The van der Waals surface area contributed by atoms with E-state index in [-0.39, 0.29) is 0 Å². The van der Waals surface area contributed by atoms with Crippen LogP contribution in [0.4, 0.5) is 0 Å². The predicted octanol–water partition coefficient (Wildman–Crippen LogP) is 4.56. The Kier molecular flexibility index (Phi) is 3.60. The van der Waals surface area contributed by atoms with Crippen molar-refractivity contribution in [3.05, 3.63) is 63.9 Å². The highest BCUT2D eigenvalue weighted by molar-refractivity contribution is 6.35. The van der Waals surface area contributed by atoms with Gasteiger partial charge in [-0.25, -0.2) is 0 Å². The summed E-state index contributed by atoms with van der Waals surface area (Å²) in [6, 6.07) is 11.2. The molecule has 0 atom stereocenters. The molecule has 1 aromatic heterocycles. The molecule has 0 amide bonds. The Hall–Kier alpha value is -1.31. The van der Waals surface area contributed by atoms with Crippen molar-refractivity contribution in [1.82, 2.24) is 4.98 Å². The normalized spacial score (nSPS) is 10.9. The molecular weight excluding hydrogens is 241 g/mol. The van der Waals surface area contributed by atoms with Crippen LogP contribution in [-0.4, -0.2) is 4.98 Å². The van der Waals surface area contributed by atoms with Crippen LogP contribution >= 0.6 is 23.2 Å². The fourth-order valence-electron chi connectivity index (χ4n) is 1.29. The minimum Gasteiger partial charge on any atom is -0.257 e. The first-order chi connectivity index (χ1) is 7.75. The van der Waals surface area contributed by atoms with Crippen LogP contribution in [0, 0.1) is 0 Å². The Morgan fingerprint density at radius 2 is 1.88 bits per heavy atom. The van der Waals surface area contributed by atoms with Crippen molar-refractivity contribution >= 4 is 35.4 Å². The molecule has 3 heteroatoms. The maximum absolute atomic E-state index is 6.04. The van der Waals surface area contributed by atoms with E-state index < -0.39 is 0 Å². The first kappa shape index (κ1) is 11.2. The zero-order valence-electron chi connectivity index (χ0n) is 8.40. The van der Waals surface area contributed by atoms with Gasteiger partial charge >= 0.3 is 0 Å². The lowest BCUT2D eigenvalue weighted by Crippen LogP contribution is -1.78. The zero-order chi connectivity index (χ0) is 11.4. The summed E-state index contributed by atoms with van der Waals surface area (Å²) in [6.45, 7) is 0. The second-order valence-electron chi connectivity index (χ2n) is 3.25. The molecule has 2 aromatic rings. The van der Waals surface area contributed by atoms with Crippen molar-refractivity contribution in [1.29, 1.82) is 0 Å². The van der Waals surface area contributed by atoms with Crippen LogP contribution in [0.15, 0.2) is 42.6 Å². The molecule has 0 N–H and O–H groups in total. The quantitative estimate of drug-likeness (QED) is 0.761. The van der Waals surface area contributed by atoms with Gasteiger partial charge in [-0.2, -0.15) is 0 Å². The lowest BCUT2D eigenvalue weighted by molar-refractivity contribution is 1.30. The standard InChI is InChI=1S/C13H9Cl2N/c14-11-6-4-10(13(15)9-11)5-7-12-3-1-2-8-16-12/h1-9H/b7-5+. The van der Waals surface area contributed by atoms with Crippen molar-refractivity contribution in [3.8, 4) is 0 Å². The first-order valence-corrected chi connectivity index (χ1v) is 5.55. The van der Waals surface area contributed by atoms with Crippen LogP contribution in [-0.2, 0) is 0 Å². The maximum atomic E-state index is 6.04. The van der Waals surface area contributed by atoms with E-state index in [1.54, 1.807) is 12.3 Å². The van der Waals surface area contributed by atoms with Crippen LogP contribution in [0.5, 0.6) is 0 Å². The van der Waals surface area contributed by atoms with Gasteiger partial charge in [0.05, 0.1) is 5.69 Å². The molecule has 80 valence electrons. The lowest BCUT2D eigenvalue weighted by Gasteiger charge is -1.98. The maximum Gasteiger partial charge on any atom is 0.0629 e. The highest BCUT2D eigenvalue weighted by Gasteiger charge is 1.97. The molecule has 0 radical (unpaired) electrons. The molecule has 0 unspecified atom stereocenters. The van der Waals surface area contributed by atoms with Crippen LogP contribution in [0.3, 0.4) is 0 Å². The number of pyridine rings is 1. The van der Waals surface area contributed by atoms with Crippen LogP contribution in [0.1, 0.15) is 11.3 Å². The molecule has 0 bridgehead atoms. The van der Waals surface area contributed by atoms with E-state index in [0.29, 0.717) is 10.0 Å². The summed E-state index contributed by atoms with van der Waals surface area (Å²) in [4.78, 5) is 4.19. The molecule has 1 aromatic carbocycles. The van der Waals surface area contributed by atoms with Crippen LogP contribution in [0.2, 0.25) is 10.0 Å². The summed E-state index contributed by atoms with van der Waals surface area (Å²) in [5, 5.41) is 1.28. The molecule has 0 aliphatic heterocycles. The Balaban J connectivity index is 2.24. The number of hydrogen-bond acceptors (Lipinski definition) is 1. The first-order valence-electron chi connectivity index (χ1n) is 4.80. The molecule has 0 aliphatic carbocycles. The van der Waals surface area contributed by atoms with Gasteiger partial charge in [0, 0.05) is 16.2 Å². The van der Waals surface area contributed by atoms with E-state index >= 15 is 0 Å². The second-order valence-corrected chi connectivity index (χ2v) is 4.10. The lowest BCUT2D eigenvalue weighted by atomic mass is 10.2. The summed E-state index contributed by atoms with van der Waals surface area (Å²) in [5.41, 5.74) is 1.82. The topological polar surface area (TPSA) is 12.9 Å². The van der Waals surface area contributed by atoms with E-state index in [1.807, 2.05) is 42.5 Å². The van der Waals surface area contributed by atoms with E-state index in [1.165, 1.54) is 0 Å². The average Bonchev–Trinajstić information content (AvgIpc) is 2.29. The Bertz CT molecular complexity index is 507. The van der Waals surface area contributed by atoms with Crippen molar-refractivity contribution in [2.24, 2.45) is 0 Å². The third-order valence-corrected chi connectivity index (χ3v) is 2.65. The molecule has 1 heterocycles. The Morgan fingerprint density at radius 3 is 2.56 bits per heavy atom. The van der Waals surface area contributed by atoms with Crippen LogP contribution in [0.25, 0.3) is 12.2 Å². The number of benzene rings is 1. The largest absolute Gasteiger partial charge is 0.257 e. The third-order valence-electron chi connectivity index (χ3n) is 2.08. The minimum atomic E-state index is 0.639. The zero-order valence-corrected chi connectivity index (χ0v) is 9.91. The molecule has 0 aliphatic rings. The highest BCUT2D eigenvalue weighted by Crippen LogP contribution is 2.22. The van der Waals surface area contributed by atoms with Crippen molar-refractivity contribution in [2.75, 3.05) is 0 Å². The predicted molar refractivity (Wildman–Crippen MR) is 69.6 cm³/mol. The van der Waals surface area contributed by atoms with Crippen molar-refractivity contribution in [2.45, 2.75) is 0 Å². The smallest absolute Gasteiger partial charge is 0.0629 e. The summed E-state index contributed by atoms with van der Waals surface area (Å²) in [7, 11) is 0. The Morgan fingerprint density at radius 1 is 1.00 bits per heavy atom. The van der Waals surface area contributed by atoms with Gasteiger partial charge in [-0.05, 0) is 35.9 Å². The van der Waals surface area contributed by atoms with Gasteiger partial charge in [0.25, 0.3) is 0 Å². The molecule has 16 heavy (non-hydrogen) atoms. The number of rotatable bonds is 2. The molecule has 0 fully saturated rings. The summed E-state index contributed by atoms with van der Waals surface area (Å²) in [5.74, 6) is 0. The fourth-order valence-corrected chi connectivity index (χ4v) is 1.76. The third kappa shape index (κ3) is 2.84. The molecule has 1 nitrogen and oxygen atoms in total. The van der Waals surface area contributed by atoms with Gasteiger partial charge in [0.1, 0.15) is 0 Å². The molecule has 0 saturated heterocycles. The SMILES string of the molecule is Clc1ccc(/C=C/c2ccccn2)c(Cl)c1. The average molecular weight is 250 g/mol. The monoisotopic (exact) mass is 249 g/mol. The van der Waals surface area contributed by atoms with Gasteiger partial charge in [-0.1, -0.05) is 41.4 Å². The van der Waals surface area contributed by atoms with Crippen LogP contribution < -0.4 is 0 Å². The number of halogens is 2. The van der Waals surface area contributed by atoms with Gasteiger partial charge < -0.3 is 0 Å². The second kappa shape index (κ2) is 5.15. The summed E-state index contributed by atoms with van der Waals surface area (Å²) in [6.07, 6.45) is 5.58. The molecule has 0 saturated carbocycles. The molecule has 2 rings (SSSR count). The van der Waals surface area contributed by atoms with Gasteiger partial charge in [-0.15, -0.1) is 0 Å². The summed E-state index contributed by atoms with van der Waals surface area (Å²) >= 11 is 11.9. The number of aromatic nitrogens is 1. The number of nitrogens with zero attached hydrogens (tertiary/aromatic N) is 1. The van der Waals surface area contributed by atoms with Gasteiger partial charge in [-0.3, -0.25) is 4.98 Å². The van der Waals surface area contributed by atoms with Crippen molar-refractivity contribution in [3.63, 3.8) is 0 Å². The Labute approximate surface area is 104 Å².